The average molecular weight is 403 g/mol. The third-order valence-corrected chi connectivity index (χ3v) is 11.1. The highest BCUT2D eigenvalue weighted by atomic mass is 16.3. The summed E-state index contributed by atoms with van der Waals surface area (Å²) in [6.07, 6.45) is 15.2. The molecule has 1 nitrogen and oxygen atoms in total. The highest BCUT2D eigenvalue weighted by Gasteiger charge is 2.62. The molecule has 0 bridgehead atoms. The van der Waals surface area contributed by atoms with E-state index in [2.05, 4.69) is 41.5 Å². The molecule has 0 saturated heterocycles. The van der Waals surface area contributed by atoms with Gasteiger partial charge in [0.2, 0.25) is 0 Å². The summed E-state index contributed by atoms with van der Waals surface area (Å²) in [4.78, 5) is 0. The summed E-state index contributed by atoms with van der Waals surface area (Å²) < 4.78 is 0. The SMILES string of the molecule is CC(C)CCC[C@@H](C)[C@H]1C(O)C[C@H]2[C@@H]3CCC4CC(C)CC[C@]4(C)[C@H]3CC[C@]12C. The number of hydrogen-bond acceptors (Lipinski definition) is 1. The molecule has 4 aliphatic carbocycles. The molecule has 0 spiro atoms. The molecule has 0 heterocycles. The Bertz CT molecular complexity index is 569. The standard InChI is InChI=1S/C28H50O/c1-18(2)8-7-9-20(4)26-25(29)17-24-22-11-10-21-16-19(3)12-14-27(21,5)23(22)13-15-28(24,26)6/h18-26,29H,7-17H2,1-6H3/t19?,20-,21?,22-,23+,24+,25?,26+,27+,28+/m1/s1. The summed E-state index contributed by atoms with van der Waals surface area (Å²) in [6.45, 7) is 14.9. The molecule has 29 heavy (non-hydrogen) atoms. The zero-order valence-electron chi connectivity index (χ0n) is 20.4. The predicted molar refractivity (Wildman–Crippen MR) is 124 cm³/mol. The van der Waals surface area contributed by atoms with E-state index in [9.17, 15) is 5.11 Å². The second-order valence-electron chi connectivity index (χ2n) is 13.2. The van der Waals surface area contributed by atoms with Gasteiger partial charge in [-0.1, -0.05) is 67.2 Å². The van der Waals surface area contributed by atoms with E-state index in [4.69, 9.17) is 0 Å². The van der Waals surface area contributed by atoms with Crippen molar-refractivity contribution in [2.45, 2.75) is 118 Å². The molecule has 0 aromatic heterocycles. The second kappa shape index (κ2) is 8.14. The van der Waals surface area contributed by atoms with E-state index in [1.807, 2.05) is 0 Å². The maximum atomic E-state index is 11.3. The Morgan fingerprint density at radius 2 is 1.59 bits per heavy atom. The first-order chi connectivity index (χ1) is 13.7. The van der Waals surface area contributed by atoms with Gasteiger partial charge in [0.25, 0.3) is 0 Å². The van der Waals surface area contributed by atoms with E-state index in [1.54, 1.807) is 0 Å². The van der Waals surface area contributed by atoms with E-state index in [0.717, 1.165) is 41.9 Å². The summed E-state index contributed by atoms with van der Waals surface area (Å²) >= 11 is 0. The lowest BCUT2D eigenvalue weighted by Gasteiger charge is -2.61. The zero-order chi connectivity index (χ0) is 21.0. The highest BCUT2D eigenvalue weighted by molar-refractivity contribution is 5.11. The molecule has 1 N–H and O–H groups in total. The van der Waals surface area contributed by atoms with Gasteiger partial charge in [0.05, 0.1) is 6.10 Å². The predicted octanol–water partition coefficient (Wildman–Crippen LogP) is 7.71. The number of hydrogen-bond donors (Lipinski definition) is 1. The fourth-order valence-corrected chi connectivity index (χ4v) is 9.58. The van der Waals surface area contributed by atoms with Gasteiger partial charge >= 0.3 is 0 Å². The van der Waals surface area contributed by atoms with E-state index in [1.165, 1.54) is 64.2 Å². The zero-order valence-corrected chi connectivity index (χ0v) is 20.4. The molecule has 4 saturated carbocycles. The van der Waals surface area contributed by atoms with Gasteiger partial charge in [0.15, 0.2) is 0 Å². The minimum absolute atomic E-state index is 0.0466. The summed E-state index contributed by atoms with van der Waals surface area (Å²) in [6, 6.07) is 0. The van der Waals surface area contributed by atoms with Crippen LogP contribution in [0.5, 0.6) is 0 Å². The molecule has 4 fully saturated rings. The molecular weight excluding hydrogens is 352 g/mol. The highest BCUT2D eigenvalue weighted by Crippen LogP contribution is 2.68. The number of rotatable bonds is 5. The van der Waals surface area contributed by atoms with E-state index in [0.29, 0.717) is 22.7 Å². The fraction of sp³-hybridized carbons (Fsp3) is 1.00. The summed E-state index contributed by atoms with van der Waals surface area (Å²) in [7, 11) is 0. The Morgan fingerprint density at radius 1 is 0.862 bits per heavy atom. The number of aliphatic hydroxyl groups excluding tert-OH is 1. The molecule has 4 aliphatic rings. The molecule has 0 aliphatic heterocycles. The Morgan fingerprint density at radius 3 is 2.31 bits per heavy atom. The van der Waals surface area contributed by atoms with Gasteiger partial charge in [-0.25, -0.2) is 0 Å². The Hall–Kier alpha value is -0.0400. The normalized spacial score (nSPS) is 50.7. The van der Waals surface area contributed by atoms with Crippen LogP contribution in [0.3, 0.4) is 0 Å². The Balaban J connectivity index is 1.50. The monoisotopic (exact) mass is 402 g/mol. The lowest BCUT2D eigenvalue weighted by atomic mass is 9.44. The average Bonchev–Trinajstić information content (AvgIpc) is 2.92. The van der Waals surface area contributed by atoms with Crippen LogP contribution in [-0.2, 0) is 0 Å². The smallest absolute Gasteiger partial charge is 0.0579 e. The fourth-order valence-electron chi connectivity index (χ4n) is 9.58. The van der Waals surface area contributed by atoms with Crippen molar-refractivity contribution < 1.29 is 5.11 Å². The van der Waals surface area contributed by atoms with Crippen molar-refractivity contribution in [2.75, 3.05) is 0 Å². The number of fused-ring (bicyclic) bond motifs is 5. The molecule has 0 amide bonds. The van der Waals surface area contributed by atoms with Gasteiger partial charge in [-0.05, 0) is 103 Å². The van der Waals surface area contributed by atoms with Gasteiger partial charge in [-0.2, -0.15) is 0 Å². The molecule has 3 unspecified atom stereocenters. The van der Waals surface area contributed by atoms with Crippen LogP contribution < -0.4 is 0 Å². The van der Waals surface area contributed by atoms with Crippen LogP contribution in [0.15, 0.2) is 0 Å². The summed E-state index contributed by atoms with van der Waals surface area (Å²) in [5.74, 6) is 6.57. The minimum atomic E-state index is -0.0466. The second-order valence-corrected chi connectivity index (χ2v) is 13.2. The van der Waals surface area contributed by atoms with E-state index < -0.39 is 0 Å². The third-order valence-electron chi connectivity index (χ3n) is 11.1. The molecule has 0 radical (unpaired) electrons. The molecule has 10 atom stereocenters. The van der Waals surface area contributed by atoms with Crippen LogP contribution in [0.2, 0.25) is 0 Å². The molecule has 1 heteroatoms. The minimum Gasteiger partial charge on any atom is -0.393 e. The van der Waals surface area contributed by atoms with Crippen LogP contribution >= 0.6 is 0 Å². The molecule has 4 rings (SSSR count). The Labute approximate surface area is 181 Å². The third kappa shape index (κ3) is 3.74. The lowest BCUT2D eigenvalue weighted by Crippen LogP contribution is -2.53. The van der Waals surface area contributed by atoms with Crippen molar-refractivity contribution in [1.82, 2.24) is 0 Å². The molecule has 168 valence electrons. The quantitative estimate of drug-likeness (QED) is 0.499. The van der Waals surface area contributed by atoms with Crippen molar-refractivity contribution in [2.24, 2.45) is 58.2 Å². The van der Waals surface area contributed by atoms with Crippen molar-refractivity contribution in [1.29, 1.82) is 0 Å². The first-order valence-corrected chi connectivity index (χ1v) is 13.3. The van der Waals surface area contributed by atoms with E-state index >= 15 is 0 Å². The molecule has 0 aromatic carbocycles. The van der Waals surface area contributed by atoms with Crippen LogP contribution in [0.4, 0.5) is 0 Å². The van der Waals surface area contributed by atoms with E-state index in [-0.39, 0.29) is 6.10 Å². The van der Waals surface area contributed by atoms with Gasteiger partial charge in [0, 0.05) is 0 Å². The van der Waals surface area contributed by atoms with Crippen molar-refractivity contribution in [3.05, 3.63) is 0 Å². The summed E-state index contributed by atoms with van der Waals surface area (Å²) in [5, 5.41) is 11.3. The largest absolute Gasteiger partial charge is 0.393 e. The molecule has 0 aromatic rings. The van der Waals surface area contributed by atoms with Gasteiger partial charge in [-0.3, -0.25) is 0 Å². The van der Waals surface area contributed by atoms with Gasteiger partial charge < -0.3 is 5.11 Å². The van der Waals surface area contributed by atoms with Crippen LogP contribution in [0.1, 0.15) is 112 Å². The lowest BCUT2D eigenvalue weighted by molar-refractivity contribution is -0.121. The van der Waals surface area contributed by atoms with Crippen molar-refractivity contribution >= 4 is 0 Å². The number of aliphatic hydroxyl groups is 1. The van der Waals surface area contributed by atoms with Crippen LogP contribution in [0.25, 0.3) is 0 Å². The van der Waals surface area contributed by atoms with Gasteiger partial charge in [0.1, 0.15) is 0 Å². The Kier molecular flexibility index (Phi) is 6.22. The van der Waals surface area contributed by atoms with Crippen LogP contribution in [0, 0.1) is 58.2 Å². The topological polar surface area (TPSA) is 20.2 Å². The first-order valence-electron chi connectivity index (χ1n) is 13.3. The summed E-state index contributed by atoms with van der Waals surface area (Å²) in [5.41, 5.74) is 0.992. The molecular formula is C28H50O. The maximum Gasteiger partial charge on any atom is 0.0579 e. The van der Waals surface area contributed by atoms with Crippen LogP contribution in [-0.4, -0.2) is 11.2 Å². The maximum absolute atomic E-state index is 11.3. The first kappa shape index (κ1) is 22.2. The van der Waals surface area contributed by atoms with Crippen molar-refractivity contribution in [3.8, 4) is 0 Å². The van der Waals surface area contributed by atoms with Gasteiger partial charge in [-0.15, -0.1) is 0 Å². The van der Waals surface area contributed by atoms with Crippen molar-refractivity contribution in [3.63, 3.8) is 0 Å².